The molecule has 0 saturated carbocycles. The predicted molar refractivity (Wildman–Crippen MR) is 121 cm³/mol. The Balaban J connectivity index is 1.67. The minimum atomic E-state index is -0.247. The highest BCUT2D eigenvalue weighted by Gasteiger charge is 2.34. The predicted octanol–water partition coefficient (Wildman–Crippen LogP) is 3.82. The summed E-state index contributed by atoms with van der Waals surface area (Å²) in [5, 5.41) is 3.31. The van der Waals surface area contributed by atoms with Gasteiger partial charge < -0.3 is 14.8 Å². The van der Waals surface area contributed by atoms with Crippen molar-refractivity contribution in [1.29, 1.82) is 0 Å². The molecular formula is C24H27N5O2. The van der Waals surface area contributed by atoms with Crippen molar-refractivity contribution in [2.24, 2.45) is 7.05 Å². The Kier molecular flexibility index (Phi) is 5.59. The smallest absolute Gasteiger partial charge is 0.263 e. The van der Waals surface area contributed by atoms with E-state index in [0.717, 1.165) is 41.4 Å². The number of pyridine rings is 3. The molecule has 0 bridgehead atoms. The number of amides is 1. The number of anilines is 2. The van der Waals surface area contributed by atoms with Crippen LogP contribution >= 0.6 is 0 Å². The lowest BCUT2D eigenvalue weighted by molar-refractivity contribution is 0.0729. The van der Waals surface area contributed by atoms with E-state index in [1.807, 2.05) is 57.2 Å². The van der Waals surface area contributed by atoms with Crippen molar-refractivity contribution in [2.45, 2.75) is 39.7 Å². The molecule has 1 saturated heterocycles. The van der Waals surface area contributed by atoms with Gasteiger partial charge in [-0.15, -0.1) is 0 Å². The summed E-state index contributed by atoms with van der Waals surface area (Å²) in [5.74, 6) is 0.528. The molecule has 0 radical (unpaired) electrons. The Hall–Kier alpha value is -3.48. The van der Waals surface area contributed by atoms with Crippen LogP contribution in [0, 0.1) is 20.8 Å². The van der Waals surface area contributed by atoms with E-state index in [4.69, 9.17) is 4.98 Å². The van der Waals surface area contributed by atoms with Crippen LogP contribution in [0.5, 0.6) is 0 Å². The van der Waals surface area contributed by atoms with Gasteiger partial charge in [-0.05, 0) is 69.5 Å². The number of likely N-dealkylation sites (tertiary alicyclic amines) is 1. The van der Waals surface area contributed by atoms with Crippen LogP contribution in [0.2, 0.25) is 0 Å². The number of nitrogens with zero attached hydrogens (tertiary/aromatic N) is 4. The zero-order chi connectivity index (χ0) is 22.1. The number of aryl methyl sites for hydroxylation is 3. The summed E-state index contributed by atoms with van der Waals surface area (Å²) < 4.78 is 1.53. The van der Waals surface area contributed by atoms with E-state index in [-0.39, 0.29) is 23.1 Å². The molecule has 0 spiro atoms. The maximum Gasteiger partial charge on any atom is 0.263 e. The molecule has 1 amide bonds. The molecule has 1 N–H and O–H groups in total. The fourth-order valence-electron chi connectivity index (χ4n) is 4.22. The van der Waals surface area contributed by atoms with Gasteiger partial charge in [0.25, 0.3) is 11.5 Å². The van der Waals surface area contributed by atoms with Crippen LogP contribution in [-0.4, -0.2) is 31.9 Å². The van der Waals surface area contributed by atoms with Crippen molar-refractivity contribution in [1.82, 2.24) is 19.4 Å². The summed E-state index contributed by atoms with van der Waals surface area (Å²) >= 11 is 0. The fourth-order valence-corrected chi connectivity index (χ4v) is 4.22. The van der Waals surface area contributed by atoms with Crippen molar-refractivity contribution in [3.05, 3.63) is 81.2 Å². The molecule has 4 rings (SSSR count). The molecule has 7 nitrogen and oxygen atoms in total. The normalized spacial score (nSPS) is 15.9. The molecule has 3 aromatic rings. The van der Waals surface area contributed by atoms with Gasteiger partial charge in [0, 0.05) is 36.9 Å². The molecule has 1 aliphatic rings. The van der Waals surface area contributed by atoms with Crippen molar-refractivity contribution in [3.63, 3.8) is 0 Å². The van der Waals surface area contributed by atoms with E-state index in [1.54, 1.807) is 18.1 Å². The standard InChI is InChI=1S/C24H27N5O2/c1-15-12-17(3)28(4)23(30)22(15)24(31)29-11-7-8-20(29)19-14-18(13-16(2)26-19)27-21-9-5-6-10-25-21/h5-6,9-10,12-14,20H,7-8,11H2,1-4H3,(H,25,26,27)/t20-/m1/s1. The van der Waals surface area contributed by atoms with Crippen LogP contribution < -0.4 is 10.9 Å². The van der Waals surface area contributed by atoms with Crippen LogP contribution in [0.3, 0.4) is 0 Å². The van der Waals surface area contributed by atoms with Crippen molar-refractivity contribution in [3.8, 4) is 0 Å². The lowest BCUT2D eigenvalue weighted by Crippen LogP contribution is -2.37. The Morgan fingerprint density at radius 1 is 1.16 bits per heavy atom. The van der Waals surface area contributed by atoms with Gasteiger partial charge in [-0.3, -0.25) is 14.6 Å². The molecule has 0 aliphatic carbocycles. The summed E-state index contributed by atoms with van der Waals surface area (Å²) in [5.41, 5.74) is 4.11. The lowest BCUT2D eigenvalue weighted by Gasteiger charge is -2.26. The van der Waals surface area contributed by atoms with Gasteiger partial charge in [0.1, 0.15) is 11.4 Å². The zero-order valence-electron chi connectivity index (χ0n) is 18.3. The zero-order valence-corrected chi connectivity index (χ0v) is 18.3. The van der Waals surface area contributed by atoms with Crippen molar-refractivity contribution >= 4 is 17.4 Å². The summed E-state index contributed by atoms with van der Waals surface area (Å²) in [4.78, 5) is 37.1. The summed E-state index contributed by atoms with van der Waals surface area (Å²) in [6, 6.07) is 11.3. The summed E-state index contributed by atoms with van der Waals surface area (Å²) in [7, 11) is 1.70. The molecular weight excluding hydrogens is 390 g/mol. The third-order valence-electron chi connectivity index (χ3n) is 5.85. The molecule has 3 aromatic heterocycles. The third kappa shape index (κ3) is 4.08. The molecule has 1 fully saturated rings. The van der Waals surface area contributed by atoms with Crippen molar-refractivity contribution in [2.75, 3.05) is 11.9 Å². The second-order valence-corrected chi connectivity index (χ2v) is 8.13. The first-order valence-electron chi connectivity index (χ1n) is 10.5. The van der Waals surface area contributed by atoms with Gasteiger partial charge in [-0.2, -0.15) is 0 Å². The van der Waals surface area contributed by atoms with Gasteiger partial charge in [-0.1, -0.05) is 6.07 Å². The average molecular weight is 418 g/mol. The number of aromatic nitrogens is 3. The van der Waals surface area contributed by atoms with Crippen LogP contribution in [0.25, 0.3) is 0 Å². The summed E-state index contributed by atoms with van der Waals surface area (Å²) in [6.45, 7) is 6.24. The van der Waals surface area contributed by atoms with Crippen LogP contribution in [0.4, 0.5) is 11.5 Å². The number of hydrogen-bond donors (Lipinski definition) is 1. The average Bonchev–Trinajstić information content (AvgIpc) is 3.22. The molecule has 31 heavy (non-hydrogen) atoms. The lowest BCUT2D eigenvalue weighted by atomic mass is 10.1. The van der Waals surface area contributed by atoms with Gasteiger partial charge in [0.05, 0.1) is 11.7 Å². The molecule has 0 aromatic carbocycles. The molecule has 4 heterocycles. The largest absolute Gasteiger partial charge is 0.340 e. The van der Waals surface area contributed by atoms with Gasteiger partial charge in [0.15, 0.2) is 0 Å². The minimum absolute atomic E-state index is 0.165. The maximum absolute atomic E-state index is 13.5. The Morgan fingerprint density at radius 3 is 2.71 bits per heavy atom. The Labute approximate surface area is 181 Å². The van der Waals surface area contributed by atoms with Crippen LogP contribution in [0.15, 0.2) is 47.4 Å². The van der Waals surface area contributed by atoms with Gasteiger partial charge >= 0.3 is 0 Å². The fraction of sp³-hybridized carbons (Fsp3) is 0.333. The first-order valence-corrected chi connectivity index (χ1v) is 10.5. The highest BCUT2D eigenvalue weighted by molar-refractivity contribution is 5.95. The monoisotopic (exact) mass is 417 g/mol. The Bertz CT molecular complexity index is 1190. The van der Waals surface area contributed by atoms with Gasteiger partial charge in [0.2, 0.25) is 0 Å². The maximum atomic E-state index is 13.5. The van der Waals surface area contributed by atoms with Crippen molar-refractivity contribution < 1.29 is 4.79 Å². The number of nitrogens with one attached hydrogen (secondary N) is 1. The summed E-state index contributed by atoms with van der Waals surface area (Å²) in [6.07, 6.45) is 3.43. The number of rotatable bonds is 4. The quantitative estimate of drug-likeness (QED) is 0.698. The number of carbonyl (C=O) groups excluding carboxylic acids is 1. The van der Waals surface area contributed by atoms with E-state index < -0.39 is 0 Å². The third-order valence-corrected chi connectivity index (χ3v) is 5.85. The minimum Gasteiger partial charge on any atom is -0.340 e. The molecule has 7 heteroatoms. The Morgan fingerprint density at radius 2 is 1.97 bits per heavy atom. The van der Waals surface area contributed by atoms with Crippen LogP contribution in [0.1, 0.15) is 51.9 Å². The van der Waals surface area contributed by atoms with E-state index in [0.29, 0.717) is 12.1 Å². The highest BCUT2D eigenvalue weighted by atomic mass is 16.2. The number of carbonyl (C=O) groups is 1. The molecule has 1 atom stereocenters. The van der Waals surface area contributed by atoms with E-state index in [2.05, 4.69) is 10.3 Å². The number of hydrogen-bond acceptors (Lipinski definition) is 5. The topological polar surface area (TPSA) is 80.1 Å². The second-order valence-electron chi connectivity index (χ2n) is 8.13. The molecule has 0 unspecified atom stereocenters. The van der Waals surface area contributed by atoms with E-state index in [1.165, 1.54) is 4.57 Å². The first-order chi connectivity index (χ1) is 14.8. The molecule has 1 aliphatic heterocycles. The van der Waals surface area contributed by atoms with Gasteiger partial charge in [-0.25, -0.2) is 4.98 Å². The van der Waals surface area contributed by atoms with E-state index in [9.17, 15) is 9.59 Å². The second kappa shape index (κ2) is 8.34. The molecule has 160 valence electrons. The van der Waals surface area contributed by atoms with E-state index >= 15 is 0 Å². The first kappa shape index (κ1) is 20.8. The SMILES string of the molecule is Cc1cc(Nc2ccccn2)cc([C@H]2CCCN2C(=O)c2c(C)cc(C)n(C)c2=O)n1. The van der Waals surface area contributed by atoms with Crippen LogP contribution in [-0.2, 0) is 7.05 Å². The highest BCUT2D eigenvalue weighted by Crippen LogP contribution is 2.34.